The number of rotatable bonds is 8. The van der Waals surface area contributed by atoms with Crippen LogP contribution in [0.25, 0.3) is 0 Å². The molecule has 0 aromatic heterocycles. The average Bonchev–Trinajstić information content (AvgIpc) is 2.67. The molecule has 1 amide bonds. The summed E-state index contributed by atoms with van der Waals surface area (Å²) < 4.78 is 26.8. The van der Waals surface area contributed by atoms with Gasteiger partial charge in [0.1, 0.15) is 0 Å². The van der Waals surface area contributed by atoms with Crippen molar-refractivity contribution < 1.29 is 13.2 Å². The highest BCUT2D eigenvalue weighted by atomic mass is 32.2. The second-order valence-corrected chi connectivity index (χ2v) is 8.68. The lowest BCUT2D eigenvalue weighted by Gasteiger charge is -2.32. The smallest absolute Gasteiger partial charge is 0.253 e. The van der Waals surface area contributed by atoms with Gasteiger partial charge >= 0.3 is 0 Å². The minimum Gasteiger partial charge on any atom is -0.339 e. The van der Waals surface area contributed by atoms with Gasteiger partial charge in [0.15, 0.2) is 0 Å². The number of amides is 1. The van der Waals surface area contributed by atoms with Crippen LogP contribution in [0.5, 0.6) is 0 Å². The first-order valence-corrected chi connectivity index (χ1v) is 10.9. The molecule has 0 spiro atoms. The zero-order chi connectivity index (χ0) is 19.2. The van der Waals surface area contributed by atoms with E-state index in [0.29, 0.717) is 24.6 Å². The molecule has 0 atom stereocenters. The van der Waals surface area contributed by atoms with Crippen LogP contribution in [0.15, 0.2) is 29.2 Å². The van der Waals surface area contributed by atoms with E-state index in [1.54, 1.807) is 18.2 Å². The van der Waals surface area contributed by atoms with Crippen molar-refractivity contribution in [3.63, 3.8) is 0 Å². The molecule has 26 heavy (non-hydrogen) atoms. The predicted molar refractivity (Wildman–Crippen MR) is 104 cm³/mol. The Labute approximate surface area is 157 Å². The highest BCUT2D eigenvalue weighted by Crippen LogP contribution is 2.23. The van der Waals surface area contributed by atoms with Crippen molar-refractivity contribution in [2.24, 2.45) is 5.92 Å². The molecule has 7 heteroatoms. The Morgan fingerprint density at radius 1 is 1.23 bits per heavy atom. The summed E-state index contributed by atoms with van der Waals surface area (Å²) in [5.41, 5.74) is 0.451. The molecule has 0 bridgehead atoms. The van der Waals surface area contributed by atoms with Crippen molar-refractivity contribution in [2.45, 2.75) is 38.0 Å². The number of sulfonamides is 1. The summed E-state index contributed by atoms with van der Waals surface area (Å²) >= 11 is 0. The first-order chi connectivity index (χ1) is 12.4. The fourth-order valence-electron chi connectivity index (χ4n) is 3.46. The first kappa shape index (κ1) is 20.9. The third-order valence-corrected chi connectivity index (χ3v) is 7.17. The molecule has 1 heterocycles. The molecular weight excluding hydrogens is 350 g/mol. The normalized spacial score (nSPS) is 16.2. The topological polar surface area (TPSA) is 69.7 Å². The van der Waals surface area contributed by atoms with Crippen LogP contribution in [0, 0.1) is 5.92 Å². The van der Waals surface area contributed by atoms with Crippen LogP contribution in [0.2, 0.25) is 0 Å². The Kier molecular flexibility index (Phi) is 7.61. The van der Waals surface area contributed by atoms with E-state index in [0.717, 1.165) is 38.9 Å². The quantitative estimate of drug-likeness (QED) is 0.749. The summed E-state index contributed by atoms with van der Waals surface area (Å²) in [5, 5.41) is 3.17. The van der Waals surface area contributed by atoms with Crippen LogP contribution < -0.4 is 5.32 Å². The van der Waals surface area contributed by atoms with Gasteiger partial charge in [-0.2, -0.15) is 4.31 Å². The Morgan fingerprint density at radius 2 is 1.88 bits per heavy atom. The molecule has 1 aromatic rings. The van der Waals surface area contributed by atoms with Crippen molar-refractivity contribution in [3.05, 3.63) is 29.8 Å². The molecule has 0 aliphatic carbocycles. The largest absolute Gasteiger partial charge is 0.339 e. The number of carbonyl (C=O) groups is 1. The Hall–Kier alpha value is -1.44. The van der Waals surface area contributed by atoms with Gasteiger partial charge in [-0.15, -0.1) is 0 Å². The number of likely N-dealkylation sites (tertiary alicyclic amines) is 1. The highest BCUT2D eigenvalue weighted by Gasteiger charge is 2.26. The van der Waals surface area contributed by atoms with Gasteiger partial charge in [-0.05, 0) is 57.0 Å². The van der Waals surface area contributed by atoms with Crippen molar-refractivity contribution in [1.82, 2.24) is 14.5 Å². The lowest BCUT2D eigenvalue weighted by Crippen LogP contribution is -2.39. The lowest BCUT2D eigenvalue weighted by molar-refractivity contribution is 0.0687. The predicted octanol–water partition coefficient (Wildman–Crippen LogP) is 2.18. The summed E-state index contributed by atoms with van der Waals surface area (Å²) in [4.78, 5) is 14.9. The molecular formula is C19H31N3O3S. The van der Waals surface area contributed by atoms with E-state index in [1.807, 2.05) is 25.8 Å². The molecule has 1 aliphatic heterocycles. The molecule has 0 saturated carbocycles. The van der Waals surface area contributed by atoms with Gasteiger partial charge < -0.3 is 10.2 Å². The van der Waals surface area contributed by atoms with Gasteiger partial charge in [-0.3, -0.25) is 4.79 Å². The van der Waals surface area contributed by atoms with E-state index in [4.69, 9.17) is 0 Å². The number of nitrogens with zero attached hydrogens (tertiary/aromatic N) is 2. The molecule has 1 N–H and O–H groups in total. The molecule has 1 fully saturated rings. The van der Waals surface area contributed by atoms with Crippen molar-refractivity contribution in [2.75, 3.05) is 39.8 Å². The second-order valence-electron chi connectivity index (χ2n) is 6.74. The zero-order valence-corrected chi connectivity index (χ0v) is 16.9. The SMILES string of the molecule is CCN(CC)S(=O)(=O)c1cccc(C(=O)N2CCC(CCNC)CC2)c1. The number of hydrogen-bond donors (Lipinski definition) is 1. The van der Waals surface area contributed by atoms with E-state index in [-0.39, 0.29) is 10.8 Å². The maximum atomic E-state index is 12.8. The van der Waals surface area contributed by atoms with Crippen LogP contribution in [0.1, 0.15) is 43.5 Å². The molecule has 146 valence electrons. The summed E-state index contributed by atoms with van der Waals surface area (Å²) in [6.07, 6.45) is 3.14. The summed E-state index contributed by atoms with van der Waals surface area (Å²) in [6, 6.07) is 6.44. The van der Waals surface area contributed by atoms with Gasteiger partial charge in [0.05, 0.1) is 4.90 Å². The van der Waals surface area contributed by atoms with Crippen molar-refractivity contribution in [3.8, 4) is 0 Å². The maximum absolute atomic E-state index is 12.8. The summed E-state index contributed by atoms with van der Waals surface area (Å²) in [5.74, 6) is 0.578. The first-order valence-electron chi connectivity index (χ1n) is 9.48. The molecule has 6 nitrogen and oxygen atoms in total. The Morgan fingerprint density at radius 3 is 2.46 bits per heavy atom. The minimum absolute atomic E-state index is 0.0753. The van der Waals surface area contributed by atoms with Gasteiger partial charge in [0.2, 0.25) is 10.0 Å². The molecule has 1 aromatic carbocycles. The third-order valence-electron chi connectivity index (χ3n) is 5.13. The Balaban J connectivity index is 2.09. The monoisotopic (exact) mass is 381 g/mol. The van der Waals surface area contributed by atoms with E-state index in [2.05, 4.69) is 5.32 Å². The molecule has 1 aliphatic rings. The van der Waals surface area contributed by atoms with Crippen LogP contribution in [-0.2, 0) is 10.0 Å². The van der Waals surface area contributed by atoms with Gasteiger partial charge in [-0.1, -0.05) is 19.9 Å². The molecule has 1 saturated heterocycles. The number of nitrogens with one attached hydrogen (secondary N) is 1. The molecule has 0 unspecified atom stereocenters. The number of piperidine rings is 1. The van der Waals surface area contributed by atoms with Crippen LogP contribution in [-0.4, -0.2) is 63.3 Å². The summed E-state index contributed by atoms with van der Waals surface area (Å²) in [6.45, 7) is 6.93. The fraction of sp³-hybridized carbons (Fsp3) is 0.632. The highest BCUT2D eigenvalue weighted by molar-refractivity contribution is 7.89. The molecule has 0 radical (unpaired) electrons. The molecule has 2 rings (SSSR count). The van der Waals surface area contributed by atoms with Crippen LogP contribution in [0.4, 0.5) is 0 Å². The maximum Gasteiger partial charge on any atom is 0.253 e. The second kappa shape index (κ2) is 9.48. The van der Waals surface area contributed by atoms with E-state index in [9.17, 15) is 13.2 Å². The van der Waals surface area contributed by atoms with E-state index >= 15 is 0 Å². The average molecular weight is 382 g/mol. The van der Waals surface area contributed by atoms with Gasteiger partial charge in [-0.25, -0.2) is 8.42 Å². The number of benzene rings is 1. The van der Waals surface area contributed by atoms with Gasteiger partial charge in [0, 0.05) is 31.7 Å². The zero-order valence-electron chi connectivity index (χ0n) is 16.1. The van der Waals surface area contributed by atoms with E-state index in [1.165, 1.54) is 10.4 Å². The number of carbonyl (C=O) groups excluding carboxylic acids is 1. The van der Waals surface area contributed by atoms with Crippen molar-refractivity contribution in [1.29, 1.82) is 0 Å². The van der Waals surface area contributed by atoms with E-state index < -0.39 is 10.0 Å². The fourth-order valence-corrected chi connectivity index (χ4v) is 4.96. The van der Waals surface area contributed by atoms with Crippen LogP contribution >= 0.6 is 0 Å². The summed E-state index contributed by atoms with van der Waals surface area (Å²) in [7, 11) is -1.60. The standard InChI is InChI=1S/C19H31N3O3S/c1-4-22(5-2)26(24,25)18-8-6-7-17(15-18)19(23)21-13-10-16(11-14-21)9-12-20-3/h6-8,15-16,20H,4-5,9-14H2,1-3H3. The lowest BCUT2D eigenvalue weighted by atomic mass is 9.93. The number of hydrogen-bond acceptors (Lipinski definition) is 4. The minimum atomic E-state index is -3.55. The van der Waals surface area contributed by atoms with Gasteiger partial charge in [0.25, 0.3) is 5.91 Å². The van der Waals surface area contributed by atoms with Crippen LogP contribution in [0.3, 0.4) is 0 Å². The van der Waals surface area contributed by atoms with Crippen molar-refractivity contribution >= 4 is 15.9 Å². The third kappa shape index (κ3) is 4.84. The Bertz CT molecular complexity index is 694.